The normalized spacial score (nSPS) is 25.7. The zero-order chi connectivity index (χ0) is 22.6. The average molecular weight is 457 g/mol. The van der Waals surface area contributed by atoms with E-state index in [0.717, 1.165) is 36.7 Å². The van der Waals surface area contributed by atoms with Crippen LogP contribution in [0.3, 0.4) is 0 Å². The number of benzene rings is 1. The zero-order valence-corrected chi connectivity index (χ0v) is 18.7. The van der Waals surface area contributed by atoms with Gasteiger partial charge in [0.05, 0.1) is 42.7 Å². The molecule has 4 fully saturated rings. The fourth-order valence-corrected chi connectivity index (χ4v) is 6.10. The molecular formula is C26H25FN6O. The lowest BCUT2D eigenvalue weighted by Crippen LogP contribution is -2.46. The van der Waals surface area contributed by atoms with Gasteiger partial charge in [0.25, 0.3) is 0 Å². The molecule has 3 aliphatic heterocycles. The smallest absolute Gasteiger partial charge is 0.180 e. The first kappa shape index (κ1) is 20.0. The summed E-state index contributed by atoms with van der Waals surface area (Å²) in [7, 11) is 0. The molecular weight excluding hydrogens is 431 g/mol. The van der Waals surface area contributed by atoms with E-state index in [1.165, 1.54) is 18.9 Å². The van der Waals surface area contributed by atoms with Gasteiger partial charge in [0, 0.05) is 30.8 Å². The summed E-state index contributed by atoms with van der Waals surface area (Å²) >= 11 is 0. The molecule has 34 heavy (non-hydrogen) atoms. The van der Waals surface area contributed by atoms with E-state index in [9.17, 15) is 4.39 Å². The van der Waals surface area contributed by atoms with Crippen LogP contribution in [0.1, 0.15) is 18.4 Å². The molecule has 4 atom stereocenters. The van der Waals surface area contributed by atoms with Gasteiger partial charge in [-0.05, 0) is 42.9 Å². The van der Waals surface area contributed by atoms with Crippen molar-refractivity contribution in [3.05, 3.63) is 66.4 Å². The molecule has 0 N–H and O–H groups in total. The number of aromatic nitrogens is 5. The minimum absolute atomic E-state index is 0.255. The highest BCUT2D eigenvalue weighted by Crippen LogP contribution is 2.46. The van der Waals surface area contributed by atoms with E-state index >= 15 is 0 Å². The van der Waals surface area contributed by atoms with Crippen molar-refractivity contribution in [1.29, 1.82) is 0 Å². The van der Waals surface area contributed by atoms with Crippen LogP contribution in [0.25, 0.3) is 22.6 Å². The monoisotopic (exact) mass is 456 g/mol. The molecule has 8 rings (SSSR count). The standard InChI is InChI=1S/C26H25FN6O/c27-22-6-2-1-4-16(22)12-33-26-19(5-3-9-28-26)24(31-33)25-29-10-18(11-30-25)32-13-20-17-7-8-23(34-15-17)21(20)14-32/h1-6,9-11,17,20-21,23H,7-8,12-15H2. The van der Waals surface area contributed by atoms with Gasteiger partial charge in [-0.15, -0.1) is 0 Å². The van der Waals surface area contributed by atoms with Crippen molar-refractivity contribution in [1.82, 2.24) is 24.7 Å². The Kier molecular flexibility index (Phi) is 4.62. The third-order valence-corrected chi connectivity index (χ3v) is 7.84. The minimum atomic E-state index is -0.255. The van der Waals surface area contributed by atoms with Crippen LogP contribution in [-0.2, 0) is 11.3 Å². The highest BCUT2D eigenvalue weighted by Gasteiger charge is 2.49. The number of nitrogens with zero attached hydrogens (tertiary/aromatic N) is 6. The third-order valence-electron chi connectivity index (χ3n) is 7.84. The minimum Gasteiger partial charge on any atom is -0.378 e. The summed E-state index contributed by atoms with van der Waals surface area (Å²) in [5, 5.41) is 5.60. The number of anilines is 1. The van der Waals surface area contributed by atoms with Crippen molar-refractivity contribution >= 4 is 16.7 Å². The number of halogens is 1. The van der Waals surface area contributed by atoms with E-state index < -0.39 is 0 Å². The van der Waals surface area contributed by atoms with Crippen LogP contribution in [0.2, 0.25) is 0 Å². The first-order valence-corrected chi connectivity index (χ1v) is 12.0. The van der Waals surface area contributed by atoms with Crippen LogP contribution in [0, 0.1) is 23.6 Å². The second-order valence-electron chi connectivity index (χ2n) is 9.68. The maximum Gasteiger partial charge on any atom is 0.180 e. The molecule has 0 amide bonds. The van der Waals surface area contributed by atoms with Gasteiger partial charge in [0.1, 0.15) is 11.5 Å². The number of hydrogen-bond acceptors (Lipinski definition) is 6. The molecule has 1 aliphatic carbocycles. The van der Waals surface area contributed by atoms with Gasteiger partial charge in [-0.25, -0.2) is 24.0 Å². The molecule has 0 spiro atoms. The van der Waals surface area contributed by atoms with Crippen molar-refractivity contribution in [2.24, 2.45) is 17.8 Å². The molecule has 4 unspecified atom stereocenters. The molecule has 172 valence electrons. The van der Waals surface area contributed by atoms with E-state index in [0.29, 0.717) is 47.2 Å². The molecule has 2 bridgehead atoms. The molecule has 4 aliphatic rings. The Morgan fingerprint density at radius 3 is 2.62 bits per heavy atom. The highest BCUT2D eigenvalue weighted by atomic mass is 19.1. The molecule has 8 heteroatoms. The van der Waals surface area contributed by atoms with Gasteiger partial charge in [0.2, 0.25) is 0 Å². The fraction of sp³-hybridized carbons (Fsp3) is 0.385. The van der Waals surface area contributed by atoms with Crippen molar-refractivity contribution in [2.45, 2.75) is 25.5 Å². The fourth-order valence-electron chi connectivity index (χ4n) is 6.10. The lowest BCUT2D eigenvalue weighted by atomic mass is 9.70. The predicted octanol–water partition coefficient (Wildman–Crippen LogP) is 3.94. The van der Waals surface area contributed by atoms with Crippen LogP contribution >= 0.6 is 0 Å². The Hall–Kier alpha value is -3.39. The van der Waals surface area contributed by atoms with Gasteiger partial charge in [0.15, 0.2) is 11.5 Å². The average Bonchev–Trinajstić information content (AvgIpc) is 3.51. The SMILES string of the molecule is Fc1ccccc1Cn1nc(-c2ncc(N3CC4C5CCC(OC5)C4C3)cn2)c2cccnc21. The summed E-state index contributed by atoms with van der Waals surface area (Å²) in [6, 6.07) is 10.6. The highest BCUT2D eigenvalue weighted by molar-refractivity contribution is 5.89. The van der Waals surface area contributed by atoms with E-state index in [-0.39, 0.29) is 5.82 Å². The predicted molar refractivity (Wildman–Crippen MR) is 126 cm³/mol. The first-order valence-electron chi connectivity index (χ1n) is 12.0. The van der Waals surface area contributed by atoms with E-state index in [4.69, 9.17) is 19.8 Å². The molecule has 3 saturated heterocycles. The molecule has 6 heterocycles. The van der Waals surface area contributed by atoms with Crippen molar-refractivity contribution in [3.8, 4) is 11.5 Å². The van der Waals surface area contributed by atoms with Gasteiger partial charge in [-0.2, -0.15) is 5.10 Å². The Labute approximate surface area is 196 Å². The summed E-state index contributed by atoms with van der Waals surface area (Å²) in [5.41, 5.74) is 2.96. The summed E-state index contributed by atoms with van der Waals surface area (Å²) in [6.07, 6.45) is 8.44. The van der Waals surface area contributed by atoms with Crippen LogP contribution < -0.4 is 4.90 Å². The van der Waals surface area contributed by atoms with E-state index in [2.05, 4.69) is 9.88 Å². The summed E-state index contributed by atoms with van der Waals surface area (Å²) in [6.45, 7) is 3.28. The lowest BCUT2D eigenvalue weighted by molar-refractivity contribution is -0.119. The zero-order valence-electron chi connectivity index (χ0n) is 18.7. The van der Waals surface area contributed by atoms with E-state index in [1.807, 2.05) is 30.6 Å². The second-order valence-corrected chi connectivity index (χ2v) is 9.68. The van der Waals surface area contributed by atoms with Crippen molar-refractivity contribution < 1.29 is 9.13 Å². The Bertz CT molecular complexity index is 1330. The van der Waals surface area contributed by atoms with Crippen molar-refractivity contribution in [2.75, 3.05) is 24.6 Å². The number of pyridine rings is 1. The van der Waals surface area contributed by atoms with Gasteiger partial charge >= 0.3 is 0 Å². The maximum atomic E-state index is 14.3. The van der Waals surface area contributed by atoms with Crippen LogP contribution in [0.4, 0.5) is 10.1 Å². The Balaban J connectivity index is 1.18. The largest absolute Gasteiger partial charge is 0.378 e. The summed E-state index contributed by atoms with van der Waals surface area (Å²) in [5.74, 6) is 2.33. The molecule has 7 nitrogen and oxygen atoms in total. The molecule has 3 aromatic heterocycles. The molecule has 0 radical (unpaired) electrons. The second kappa shape index (κ2) is 7.84. The number of ether oxygens (including phenoxy) is 1. The molecule has 1 saturated carbocycles. The van der Waals surface area contributed by atoms with Gasteiger partial charge < -0.3 is 9.64 Å². The Morgan fingerprint density at radius 2 is 1.82 bits per heavy atom. The quantitative estimate of drug-likeness (QED) is 0.463. The van der Waals surface area contributed by atoms with Crippen molar-refractivity contribution in [3.63, 3.8) is 0 Å². The summed E-state index contributed by atoms with van der Waals surface area (Å²) in [4.78, 5) is 16.3. The third kappa shape index (κ3) is 3.20. The van der Waals surface area contributed by atoms with Gasteiger partial charge in [-0.3, -0.25) is 0 Å². The number of fused-ring (bicyclic) bond motifs is 3. The number of hydrogen-bond donors (Lipinski definition) is 0. The van der Waals surface area contributed by atoms with Crippen LogP contribution in [0.5, 0.6) is 0 Å². The Morgan fingerprint density at radius 1 is 0.971 bits per heavy atom. The molecule has 4 aromatic rings. The summed E-state index contributed by atoms with van der Waals surface area (Å²) < 4.78 is 22.0. The maximum absolute atomic E-state index is 14.3. The molecule has 1 aromatic carbocycles. The number of rotatable bonds is 4. The lowest BCUT2D eigenvalue weighted by Gasteiger charge is -2.44. The van der Waals surface area contributed by atoms with Crippen LogP contribution in [0.15, 0.2) is 55.0 Å². The topological polar surface area (TPSA) is 69.0 Å². The van der Waals surface area contributed by atoms with Crippen LogP contribution in [-0.4, -0.2) is 50.5 Å². The first-order chi connectivity index (χ1) is 16.7. The van der Waals surface area contributed by atoms with E-state index in [1.54, 1.807) is 23.0 Å². The van der Waals surface area contributed by atoms with Gasteiger partial charge in [-0.1, -0.05) is 18.2 Å².